The van der Waals surface area contributed by atoms with Crippen molar-refractivity contribution >= 4 is 0 Å². The largest absolute Gasteiger partial charge is 0.367 e. The van der Waals surface area contributed by atoms with Crippen LogP contribution < -0.4 is 0 Å². The van der Waals surface area contributed by atoms with E-state index in [1.54, 1.807) is 0 Å². The van der Waals surface area contributed by atoms with Crippen LogP contribution in [0.2, 0.25) is 0 Å². The van der Waals surface area contributed by atoms with E-state index < -0.39 is 0 Å². The van der Waals surface area contributed by atoms with Crippen molar-refractivity contribution in [2.24, 2.45) is 23.7 Å². The second kappa shape index (κ2) is 11.9. The Balaban J connectivity index is 1.68. The highest BCUT2D eigenvalue weighted by atomic mass is 16.5. The summed E-state index contributed by atoms with van der Waals surface area (Å²) in [5.74, 6) is 3.11. The minimum absolute atomic E-state index is 0.0553. The first-order chi connectivity index (χ1) is 14.1. The van der Waals surface area contributed by atoms with Crippen LogP contribution >= 0.6 is 0 Å². The van der Waals surface area contributed by atoms with Gasteiger partial charge in [0.05, 0.1) is 11.7 Å². The average Bonchev–Trinajstić information content (AvgIpc) is 2.68. The Morgan fingerprint density at radius 3 is 2.13 bits per heavy atom. The van der Waals surface area contributed by atoms with Crippen LogP contribution in [0.1, 0.15) is 126 Å². The van der Waals surface area contributed by atoms with E-state index >= 15 is 0 Å². The first-order valence-electron chi connectivity index (χ1n) is 13.1. The number of hydrogen-bond acceptors (Lipinski definition) is 1. The fourth-order valence-corrected chi connectivity index (χ4v) is 5.52. The summed E-state index contributed by atoms with van der Waals surface area (Å²) < 4.78 is 6.77. The summed E-state index contributed by atoms with van der Waals surface area (Å²) in [6.07, 6.45) is 18.7. The van der Waals surface area contributed by atoms with Gasteiger partial charge in [0.25, 0.3) is 0 Å². The summed E-state index contributed by atoms with van der Waals surface area (Å²) in [6, 6.07) is 0. The second-order valence-electron chi connectivity index (χ2n) is 11.5. The molecule has 1 aliphatic carbocycles. The first kappa shape index (κ1) is 25.7. The molecule has 173 valence electrons. The number of fused-ring (bicyclic) bond motifs is 1. The van der Waals surface area contributed by atoms with E-state index in [1.807, 2.05) is 0 Å². The van der Waals surface area contributed by atoms with Crippen LogP contribution in [-0.2, 0) is 4.74 Å². The van der Waals surface area contributed by atoms with E-state index in [0.29, 0.717) is 5.92 Å². The fraction of sp³-hybridized carbons (Fsp3) is 0.862. The van der Waals surface area contributed by atoms with E-state index in [9.17, 15) is 0 Å². The fourth-order valence-electron chi connectivity index (χ4n) is 5.52. The third-order valence-electron chi connectivity index (χ3n) is 8.25. The molecule has 0 amide bonds. The lowest BCUT2D eigenvalue weighted by molar-refractivity contribution is -0.127. The minimum Gasteiger partial charge on any atom is -0.367 e. The number of rotatable bonds is 12. The van der Waals surface area contributed by atoms with Gasteiger partial charge in [0.15, 0.2) is 0 Å². The average molecular weight is 416 g/mol. The lowest BCUT2D eigenvalue weighted by Crippen LogP contribution is -2.45. The molecular formula is C29H51O. The van der Waals surface area contributed by atoms with Gasteiger partial charge in [-0.05, 0) is 81.9 Å². The van der Waals surface area contributed by atoms with Gasteiger partial charge in [0, 0.05) is 5.92 Å². The molecule has 1 radical (unpaired) electrons. The number of ether oxygens (including phenoxy) is 1. The SMILES string of the molecule is CC1=[C]C(C)=C(C)C2OC(C)(CCCC(C)C(C)CCCCCCC(C)C)CCC12. The Hall–Kier alpha value is -0.560. The zero-order valence-electron chi connectivity index (χ0n) is 21.6. The molecule has 2 rings (SSSR count). The highest BCUT2D eigenvalue weighted by Crippen LogP contribution is 2.44. The topological polar surface area (TPSA) is 9.23 Å². The quantitative estimate of drug-likeness (QED) is 0.289. The molecule has 0 N–H and O–H groups in total. The van der Waals surface area contributed by atoms with E-state index in [4.69, 9.17) is 4.74 Å². The van der Waals surface area contributed by atoms with Crippen LogP contribution in [0.4, 0.5) is 0 Å². The summed E-state index contributed by atoms with van der Waals surface area (Å²) in [5.41, 5.74) is 4.16. The van der Waals surface area contributed by atoms with Crippen LogP contribution in [-0.4, -0.2) is 11.7 Å². The van der Waals surface area contributed by atoms with Crippen molar-refractivity contribution in [2.75, 3.05) is 0 Å². The molecule has 0 spiro atoms. The van der Waals surface area contributed by atoms with Gasteiger partial charge in [-0.15, -0.1) is 0 Å². The van der Waals surface area contributed by atoms with E-state index in [0.717, 1.165) is 17.8 Å². The number of allylic oxidation sites excluding steroid dienone is 2. The zero-order valence-corrected chi connectivity index (χ0v) is 21.6. The van der Waals surface area contributed by atoms with Gasteiger partial charge in [-0.1, -0.05) is 84.6 Å². The Morgan fingerprint density at radius 2 is 1.50 bits per heavy atom. The third kappa shape index (κ3) is 7.54. The van der Waals surface area contributed by atoms with E-state index in [1.165, 1.54) is 87.3 Å². The standard InChI is InChI=1S/C29H51O/c1-21(2)14-11-9-10-12-15-22(3)23(4)16-13-18-29(8)19-17-27-25(6)20-24(5)26(7)28(27)30-29/h21-23,27-28H,9-19H2,1-8H3. The maximum atomic E-state index is 6.77. The maximum absolute atomic E-state index is 6.77. The van der Waals surface area contributed by atoms with Crippen LogP contribution in [0.5, 0.6) is 0 Å². The second-order valence-corrected chi connectivity index (χ2v) is 11.5. The molecule has 0 aromatic carbocycles. The summed E-state index contributed by atoms with van der Waals surface area (Å²) in [5, 5.41) is 0. The molecule has 1 fully saturated rings. The molecule has 30 heavy (non-hydrogen) atoms. The molecule has 1 nitrogen and oxygen atoms in total. The number of hydrogen-bond donors (Lipinski definition) is 0. The molecule has 1 aliphatic heterocycles. The predicted octanol–water partition coefficient (Wildman–Crippen LogP) is 9.08. The molecule has 1 heteroatoms. The number of unbranched alkanes of at least 4 members (excludes halogenated alkanes) is 3. The monoisotopic (exact) mass is 415 g/mol. The van der Waals surface area contributed by atoms with Crippen LogP contribution in [0.3, 0.4) is 0 Å². The molecule has 5 atom stereocenters. The van der Waals surface area contributed by atoms with Crippen molar-refractivity contribution < 1.29 is 4.74 Å². The molecular weight excluding hydrogens is 364 g/mol. The smallest absolute Gasteiger partial charge is 0.0860 e. The Labute approximate surface area is 189 Å². The zero-order chi connectivity index (χ0) is 22.3. The van der Waals surface area contributed by atoms with Crippen molar-refractivity contribution in [2.45, 2.75) is 138 Å². The summed E-state index contributed by atoms with van der Waals surface area (Å²) in [4.78, 5) is 0. The van der Waals surface area contributed by atoms with Crippen molar-refractivity contribution in [3.05, 3.63) is 22.8 Å². The molecule has 0 aromatic heterocycles. The summed E-state index contributed by atoms with van der Waals surface area (Å²) >= 11 is 0. The van der Waals surface area contributed by atoms with E-state index in [-0.39, 0.29) is 11.7 Å². The molecule has 2 aliphatic rings. The summed E-state index contributed by atoms with van der Waals surface area (Å²) in [6.45, 7) is 18.7. The van der Waals surface area contributed by atoms with Crippen LogP contribution in [0.25, 0.3) is 0 Å². The van der Waals surface area contributed by atoms with Gasteiger partial charge in [-0.3, -0.25) is 0 Å². The molecule has 0 saturated carbocycles. The van der Waals surface area contributed by atoms with Gasteiger partial charge >= 0.3 is 0 Å². The van der Waals surface area contributed by atoms with Crippen molar-refractivity contribution in [1.29, 1.82) is 0 Å². The van der Waals surface area contributed by atoms with Crippen LogP contribution in [0, 0.1) is 29.7 Å². The molecule has 1 saturated heterocycles. The van der Waals surface area contributed by atoms with Gasteiger partial charge in [-0.2, -0.15) is 0 Å². The van der Waals surface area contributed by atoms with Gasteiger partial charge < -0.3 is 4.74 Å². The van der Waals surface area contributed by atoms with E-state index in [2.05, 4.69) is 61.5 Å². The maximum Gasteiger partial charge on any atom is 0.0860 e. The Bertz CT molecular complexity index is 583. The highest BCUT2D eigenvalue weighted by Gasteiger charge is 2.41. The van der Waals surface area contributed by atoms with Crippen molar-refractivity contribution in [3.63, 3.8) is 0 Å². The summed E-state index contributed by atoms with van der Waals surface area (Å²) in [7, 11) is 0. The van der Waals surface area contributed by atoms with Crippen molar-refractivity contribution in [3.8, 4) is 0 Å². The molecule has 5 unspecified atom stereocenters. The van der Waals surface area contributed by atoms with Crippen LogP contribution in [0.15, 0.2) is 16.7 Å². The third-order valence-corrected chi connectivity index (χ3v) is 8.25. The van der Waals surface area contributed by atoms with Gasteiger partial charge in [0.2, 0.25) is 0 Å². The predicted molar refractivity (Wildman–Crippen MR) is 132 cm³/mol. The van der Waals surface area contributed by atoms with Crippen molar-refractivity contribution in [1.82, 2.24) is 0 Å². The Kier molecular flexibility index (Phi) is 10.2. The van der Waals surface area contributed by atoms with Gasteiger partial charge in [-0.25, -0.2) is 0 Å². The molecule has 0 bridgehead atoms. The Morgan fingerprint density at radius 1 is 0.900 bits per heavy atom. The highest BCUT2D eigenvalue weighted by molar-refractivity contribution is 5.32. The minimum atomic E-state index is 0.0553. The molecule has 0 aromatic rings. The normalized spacial score (nSPS) is 29.0. The van der Waals surface area contributed by atoms with Gasteiger partial charge in [0.1, 0.15) is 0 Å². The lowest BCUT2D eigenvalue weighted by atomic mass is 9.74. The lowest BCUT2D eigenvalue weighted by Gasteiger charge is -2.46. The first-order valence-corrected chi connectivity index (χ1v) is 13.1. The molecule has 1 heterocycles.